The third-order valence-electron chi connectivity index (χ3n) is 5.61. The first-order valence-electron chi connectivity index (χ1n) is 10.3. The molecule has 0 unspecified atom stereocenters. The number of benzene rings is 3. The molecule has 0 spiro atoms. The van der Waals surface area contributed by atoms with Gasteiger partial charge in [-0.3, -0.25) is 9.59 Å². The van der Waals surface area contributed by atoms with Crippen LogP contribution in [0.3, 0.4) is 0 Å². The molecule has 0 heterocycles. The molecule has 30 heavy (non-hydrogen) atoms. The lowest BCUT2D eigenvalue weighted by Crippen LogP contribution is -2.09. The maximum absolute atomic E-state index is 13.7. The van der Waals surface area contributed by atoms with Crippen LogP contribution in [-0.2, 0) is 4.79 Å². The Hall–Kier alpha value is -3.52. The molecular formula is C28H24O2. The van der Waals surface area contributed by atoms with Crippen LogP contribution in [0.1, 0.15) is 46.8 Å². The first-order chi connectivity index (χ1) is 14.6. The largest absolute Gasteiger partial charge is 0.294 e. The highest BCUT2D eigenvalue weighted by atomic mass is 16.1. The Morgan fingerprint density at radius 3 is 1.90 bits per heavy atom. The molecule has 0 aromatic heterocycles. The molecular weight excluding hydrogens is 368 g/mol. The second-order valence-corrected chi connectivity index (χ2v) is 7.69. The van der Waals surface area contributed by atoms with Crippen molar-refractivity contribution in [2.75, 3.05) is 0 Å². The lowest BCUT2D eigenvalue weighted by Gasteiger charge is -2.14. The van der Waals surface area contributed by atoms with Gasteiger partial charge in [-0.25, -0.2) is 0 Å². The fourth-order valence-electron chi connectivity index (χ4n) is 4.18. The number of hydrogen-bond donors (Lipinski definition) is 0. The molecule has 1 aliphatic carbocycles. The highest BCUT2D eigenvalue weighted by molar-refractivity contribution is 6.26. The van der Waals surface area contributed by atoms with Gasteiger partial charge in [-0.2, -0.15) is 0 Å². The van der Waals surface area contributed by atoms with Crippen molar-refractivity contribution >= 4 is 22.7 Å². The van der Waals surface area contributed by atoms with Gasteiger partial charge in [0.1, 0.15) is 0 Å². The summed E-state index contributed by atoms with van der Waals surface area (Å²) in [7, 11) is 0. The molecule has 0 N–H and O–H groups in total. The Labute approximate surface area is 177 Å². The molecule has 0 bridgehead atoms. The summed E-state index contributed by atoms with van der Waals surface area (Å²) in [6.07, 6.45) is 1.43. The molecule has 0 saturated carbocycles. The molecule has 2 heteroatoms. The van der Waals surface area contributed by atoms with E-state index in [4.69, 9.17) is 0 Å². The van der Waals surface area contributed by atoms with Gasteiger partial charge in [0.05, 0.1) is 0 Å². The Bertz CT molecular complexity index is 1150. The number of allylic oxidation sites excluding steroid dienone is 4. The number of carbonyl (C=O) groups is 2. The van der Waals surface area contributed by atoms with Gasteiger partial charge in [-0.1, -0.05) is 90.5 Å². The van der Waals surface area contributed by atoms with Crippen LogP contribution >= 0.6 is 0 Å². The molecule has 0 atom stereocenters. The van der Waals surface area contributed by atoms with E-state index in [2.05, 4.69) is 0 Å². The Kier molecular flexibility index (Phi) is 5.58. The summed E-state index contributed by atoms with van der Waals surface area (Å²) in [5, 5.41) is 0. The summed E-state index contributed by atoms with van der Waals surface area (Å²) in [6, 6.07) is 27.3. The van der Waals surface area contributed by atoms with Gasteiger partial charge in [-0.15, -0.1) is 0 Å². The molecule has 0 saturated heterocycles. The zero-order valence-electron chi connectivity index (χ0n) is 17.3. The number of rotatable bonds is 5. The van der Waals surface area contributed by atoms with Crippen LogP contribution < -0.4 is 0 Å². The minimum absolute atomic E-state index is 0.0125. The van der Waals surface area contributed by atoms with Crippen molar-refractivity contribution in [3.63, 3.8) is 0 Å². The Morgan fingerprint density at radius 1 is 0.700 bits per heavy atom. The van der Waals surface area contributed by atoms with Gasteiger partial charge < -0.3 is 0 Å². The van der Waals surface area contributed by atoms with E-state index >= 15 is 0 Å². The van der Waals surface area contributed by atoms with Gasteiger partial charge in [0.15, 0.2) is 11.6 Å². The first kappa shape index (κ1) is 19.8. The molecule has 1 aliphatic rings. The normalized spacial score (nSPS) is 15.3. The maximum atomic E-state index is 13.7. The molecule has 4 rings (SSSR count). The summed E-state index contributed by atoms with van der Waals surface area (Å²) < 4.78 is 0. The van der Waals surface area contributed by atoms with E-state index in [1.165, 1.54) is 0 Å². The molecule has 2 nitrogen and oxygen atoms in total. The van der Waals surface area contributed by atoms with Crippen LogP contribution in [0.2, 0.25) is 0 Å². The van der Waals surface area contributed by atoms with Crippen LogP contribution in [0, 0.1) is 6.92 Å². The molecule has 0 radical (unpaired) electrons. The predicted octanol–water partition coefficient (Wildman–Crippen LogP) is 6.47. The summed E-state index contributed by atoms with van der Waals surface area (Å²) in [5.74, 6) is -0.0330. The third kappa shape index (κ3) is 3.81. The number of carbonyl (C=O) groups excluding carboxylic acids is 2. The molecule has 0 fully saturated rings. The maximum Gasteiger partial charge on any atom is 0.193 e. The molecule has 3 aromatic rings. The van der Waals surface area contributed by atoms with Gasteiger partial charge >= 0.3 is 0 Å². The molecule has 0 aliphatic heterocycles. The third-order valence-corrected chi connectivity index (χ3v) is 5.61. The Balaban J connectivity index is 1.97. The van der Waals surface area contributed by atoms with Gasteiger partial charge in [-0.05, 0) is 49.0 Å². The second kappa shape index (κ2) is 8.46. The zero-order valence-corrected chi connectivity index (χ0v) is 17.3. The fourth-order valence-corrected chi connectivity index (χ4v) is 4.18. The number of aryl methyl sites for hydroxylation is 1. The van der Waals surface area contributed by atoms with Crippen LogP contribution in [-0.4, -0.2) is 11.6 Å². The van der Waals surface area contributed by atoms with E-state index < -0.39 is 0 Å². The van der Waals surface area contributed by atoms with Crippen molar-refractivity contribution in [2.45, 2.75) is 26.7 Å². The summed E-state index contributed by atoms with van der Waals surface area (Å²) in [5.41, 5.74) is 6.91. The average molecular weight is 392 g/mol. The van der Waals surface area contributed by atoms with E-state index in [1.54, 1.807) is 6.92 Å². The van der Waals surface area contributed by atoms with E-state index in [9.17, 15) is 9.59 Å². The Morgan fingerprint density at radius 2 is 1.30 bits per heavy atom. The fraction of sp³-hybridized carbons (Fsp3) is 0.143. The lowest BCUT2D eigenvalue weighted by molar-refractivity contribution is -0.111. The van der Waals surface area contributed by atoms with E-state index in [0.717, 1.165) is 34.3 Å². The number of hydrogen-bond acceptors (Lipinski definition) is 2. The van der Waals surface area contributed by atoms with Gasteiger partial charge in [0.2, 0.25) is 0 Å². The first-order valence-corrected chi connectivity index (χ1v) is 10.3. The quantitative estimate of drug-likeness (QED) is 0.368. The van der Waals surface area contributed by atoms with Gasteiger partial charge in [0.25, 0.3) is 0 Å². The predicted molar refractivity (Wildman–Crippen MR) is 122 cm³/mol. The van der Waals surface area contributed by atoms with Crippen molar-refractivity contribution in [2.24, 2.45) is 0 Å². The standard InChI is InChI=1S/C28H24O2/c1-19-13-15-22(16-14-19)26(20(2)29)25-18-17-24(21-9-5-3-6-10-21)27(25)28(30)23-11-7-4-8-12-23/h3-16H,17-18H2,1-2H3/b26-25+. The van der Waals surface area contributed by atoms with E-state index in [-0.39, 0.29) is 11.6 Å². The topological polar surface area (TPSA) is 34.1 Å². The van der Waals surface area contributed by atoms with Crippen LogP contribution in [0.4, 0.5) is 0 Å². The smallest absolute Gasteiger partial charge is 0.193 e. The SMILES string of the molecule is CC(=O)/C(=C1/CCC(c2ccccc2)=C1C(=O)c1ccccc1)c1ccc(C)cc1. The van der Waals surface area contributed by atoms with E-state index in [1.807, 2.05) is 91.9 Å². The van der Waals surface area contributed by atoms with Crippen molar-refractivity contribution in [1.29, 1.82) is 0 Å². The van der Waals surface area contributed by atoms with Crippen molar-refractivity contribution in [1.82, 2.24) is 0 Å². The molecule has 148 valence electrons. The highest BCUT2D eigenvalue weighted by Gasteiger charge is 2.31. The van der Waals surface area contributed by atoms with Crippen molar-refractivity contribution in [3.8, 4) is 0 Å². The minimum Gasteiger partial charge on any atom is -0.294 e. The summed E-state index contributed by atoms with van der Waals surface area (Å²) in [4.78, 5) is 26.4. The highest BCUT2D eigenvalue weighted by Crippen LogP contribution is 2.43. The zero-order chi connectivity index (χ0) is 21.1. The van der Waals surface area contributed by atoms with E-state index in [0.29, 0.717) is 23.1 Å². The molecule has 3 aromatic carbocycles. The minimum atomic E-state index is -0.0205. The lowest BCUT2D eigenvalue weighted by atomic mass is 9.88. The number of Topliss-reactive ketones (excluding diaryl/α,β-unsaturated/α-hetero) is 2. The summed E-state index contributed by atoms with van der Waals surface area (Å²) >= 11 is 0. The van der Waals surface area contributed by atoms with Crippen molar-refractivity contribution in [3.05, 3.63) is 118 Å². The monoisotopic (exact) mass is 392 g/mol. The molecule has 0 amide bonds. The average Bonchev–Trinajstić information content (AvgIpc) is 3.20. The summed E-state index contributed by atoms with van der Waals surface area (Å²) in [6.45, 7) is 3.62. The number of ketones is 2. The van der Waals surface area contributed by atoms with Gasteiger partial charge in [0, 0.05) is 16.7 Å². The van der Waals surface area contributed by atoms with Crippen LogP contribution in [0.5, 0.6) is 0 Å². The second-order valence-electron chi connectivity index (χ2n) is 7.69. The van der Waals surface area contributed by atoms with Crippen molar-refractivity contribution < 1.29 is 9.59 Å². The van der Waals surface area contributed by atoms with Crippen LogP contribution in [0.25, 0.3) is 11.1 Å². The van der Waals surface area contributed by atoms with Crippen LogP contribution in [0.15, 0.2) is 96.1 Å².